The molecule has 1 aliphatic rings. The molecule has 1 saturated heterocycles. The van der Waals surface area contributed by atoms with E-state index in [4.69, 9.17) is 0 Å². The molecule has 1 aliphatic heterocycles. The molecular formula is C13H29N. The third-order valence-electron chi connectivity index (χ3n) is 3.08. The minimum atomic E-state index is 0.611. The minimum Gasteiger partial charge on any atom is -0.306 e. The van der Waals surface area contributed by atoms with Gasteiger partial charge in [0.2, 0.25) is 0 Å². The smallest absolute Gasteiger partial charge is 0.00323 e. The van der Waals surface area contributed by atoms with Gasteiger partial charge in [0.25, 0.3) is 0 Å². The second-order valence-corrected chi connectivity index (χ2v) is 4.76. The van der Waals surface area contributed by atoms with E-state index in [1.165, 1.54) is 45.2 Å². The van der Waals surface area contributed by atoms with Gasteiger partial charge in [-0.3, -0.25) is 0 Å². The van der Waals surface area contributed by atoms with Crippen molar-refractivity contribution in [2.75, 3.05) is 20.1 Å². The van der Waals surface area contributed by atoms with Crippen LogP contribution in [0.25, 0.3) is 0 Å². The Morgan fingerprint density at radius 2 is 1.86 bits per heavy atom. The number of nitrogens with zero attached hydrogens (tertiary/aromatic N) is 1. The van der Waals surface area contributed by atoms with Gasteiger partial charge in [-0.25, -0.2) is 0 Å². The van der Waals surface area contributed by atoms with Crippen LogP contribution in [0.2, 0.25) is 0 Å². The van der Waals surface area contributed by atoms with Crippen LogP contribution in [0.1, 0.15) is 59.8 Å². The average Bonchev–Trinajstić information content (AvgIpc) is 2.31. The van der Waals surface area contributed by atoms with Crippen LogP contribution in [-0.2, 0) is 0 Å². The van der Waals surface area contributed by atoms with Gasteiger partial charge in [-0.1, -0.05) is 40.5 Å². The van der Waals surface area contributed by atoms with Gasteiger partial charge in [-0.05, 0) is 38.3 Å². The first-order valence-corrected chi connectivity index (χ1v) is 6.35. The molecule has 0 aromatic rings. The van der Waals surface area contributed by atoms with E-state index in [1.807, 2.05) is 13.8 Å². The molecule has 0 radical (unpaired) electrons. The largest absolute Gasteiger partial charge is 0.306 e. The summed E-state index contributed by atoms with van der Waals surface area (Å²) in [5.74, 6) is 0. The predicted octanol–water partition coefficient (Wildman–Crippen LogP) is 3.93. The van der Waals surface area contributed by atoms with Gasteiger partial charge in [0.15, 0.2) is 0 Å². The van der Waals surface area contributed by atoms with Crippen LogP contribution in [0.15, 0.2) is 0 Å². The minimum absolute atomic E-state index is 0.611. The molecule has 1 rings (SSSR count). The molecule has 86 valence electrons. The molecule has 0 aromatic heterocycles. The fourth-order valence-electron chi connectivity index (χ4n) is 2.55. The molecule has 0 spiro atoms. The fourth-order valence-corrected chi connectivity index (χ4v) is 2.55. The number of likely N-dealkylation sites (tertiary alicyclic amines) is 1. The summed E-state index contributed by atoms with van der Waals surface area (Å²) < 4.78 is 0. The van der Waals surface area contributed by atoms with Gasteiger partial charge in [0.05, 0.1) is 0 Å². The lowest BCUT2D eigenvalue weighted by atomic mass is 9.81. The van der Waals surface area contributed by atoms with Gasteiger partial charge < -0.3 is 4.90 Å². The summed E-state index contributed by atoms with van der Waals surface area (Å²) in [6, 6.07) is 0. The van der Waals surface area contributed by atoms with E-state index in [9.17, 15) is 0 Å². The van der Waals surface area contributed by atoms with Gasteiger partial charge in [0.1, 0.15) is 0 Å². The maximum atomic E-state index is 2.50. The van der Waals surface area contributed by atoms with Crippen LogP contribution in [0, 0.1) is 5.41 Å². The van der Waals surface area contributed by atoms with Crippen molar-refractivity contribution in [1.82, 2.24) is 4.90 Å². The second-order valence-electron chi connectivity index (χ2n) is 4.76. The zero-order valence-corrected chi connectivity index (χ0v) is 10.9. The first-order valence-electron chi connectivity index (χ1n) is 6.35. The third-order valence-corrected chi connectivity index (χ3v) is 3.08. The zero-order chi connectivity index (χ0) is 11.0. The highest BCUT2D eigenvalue weighted by Gasteiger charge is 2.26. The van der Waals surface area contributed by atoms with Crippen LogP contribution in [0.4, 0.5) is 0 Å². The van der Waals surface area contributed by atoms with Crippen molar-refractivity contribution >= 4 is 0 Å². The maximum Gasteiger partial charge on any atom is 0.00323 e. The molecule has 1 fully saturated rings. The lowest BCUT2D eigenvalue weighted by Crippen LogP contribution is -2.31. The van der Waals surface area contributed by atoms with Gasteiger partial charge >= 0.3 is 0 Å². The molecule has 1 nitrogen and oxygen atoms in total. The average molecular weight is 199 g/mol. The number of rotatable bonds is 2. The van der Waals surface area contributed by atoms with E-state index < -0.39 is 0 Å². The van der Waals surface area contributed by atoms with E-state index in [0.29, 0.717) is 5.41 Å². The van der Waals surface area contributed by atoms with Crippen molar-refractivity contribution in [2.45, 2.75) is 59.8 Å². The molecule has 1 heteroatoms. The molecular weight excluding hydrogens is 170 g/mol. The topological polar surface area (TPSA) is 3.24 Å². The Kier molecular flexibility index (Phi) is 7.26. The van der Waals surface area contributed by atoms with Crippen molar-refractivity contribution in [1.29, 1.82) is 0 Å². The number of hydrogen-bond acceptors (Lipinski definition) is 1. The predicted molar refractivity (Wildman–Crippen MR) is 65.7 cm³/mol. The standard InChI is InChI=1S/C11H23N.C2H6/c1-4-7-11(2)8-5-6-9-12(3)10-11;1-2/h4-10H2,1-3H3;1-2H3. The van der Waals surface area contributed by atoms with Crippen molar-refractivity contribution in [3.05, 3.63) is 0 Å². The van der Waals surface area contributed by atoms with Crippen LogP contribution >= 0.6 is 0 Å². The molecule has 0 aromatic carbocycles. The summed E-state index contributed by atoms with van der Waals surface area (Å²) in [5.41, 5.74) is 0.611. The highest BCUT2D eigenvalue weighted by Crippen LogP contribution is 2.32. The van der Waals surface area contributed by atoms with Gasteiger partial charge in [0, 0.05) is 6.54 Å². The van der Waals surface area contributed by atoms with Crippen molar-refractivity contribution in [3.8, 4) is 0 Å². The third kappa shape index (κ3) is 4.99. The fraction of sp³-hybridized carbons (Fsp3) is 1.00. The van der Waals surface area contributed by atoms with E-state index in [0.717, 1.165) is 0 Å². The van der Waals surface area contributed by atoms with Gasteiger partial charge in [-0.15, -0.1) is 0 Å². The van der Waals surface area contributed by atoms with Crippen molar-refractivity contribution in [3.63, 3.8) is 0 Å². The Morgan fingerprint density at radius 3 is 2.43 bits per heavy atom. The van der Waals surface area contributed by atoms with Crippen LogP contribution in [0.3, 0.4) is 0 Å². The molecule has 0 N–H and O–H groups in total. The summed E-state index contributed by atoms with van der Waals surface area (Å²) in [6.45, 7) is 11.4. The first-order chi connectivity index (χ1) is 6.66. The Morgan fingerprint density at radius 1 is 1.21 bits per heavy atom. The van der Waals surface area contributed by atoms with E-state index in [2.05, 4.69) is 25.8 Å². The monoisotopic (exact) mass is 199 g/mol. The van der Waals surface area contributed by atoms with Crippen molar-refractivity contribution < 1.29 is 0 Å². The Labute approximate surface area is 90.9 Å². The summed E-state index contributed by atoms with van der Waals surface area (Å²) in [6.07, 6.45) is 7.00. The highest BCUT2D eigenvalue weighted by molar-refractivity contribution is 4.79. The lowest BCUT2D eigenvalue weighted by molar-refractivity contribution is 0.192. The van der Waals surface area contributed by atoms with E-state index >= 15 is 0 Å². The second kappa shape index (κ2) is 7.28. The van der Waals surface area contributed by atoms with E-state index in [-0.39, 0.29) is 0 Å². The molecule has 14 heavy (non-hydrogen) atoms. The molecule has 0 saturated carbocycles. The Balaban J connectivity index is 0.000000791. The first kappa shape index (κ1) is 14.0. The maximum absolute atomic E-state index is 2.50. The summed E-state index contributed by atoms with van der Waals surface area (Å²) in [4.78, 5) is 2.50. The Bertz CT molecular complexity index is 133. The molecule has 0 amide bonds. The summed E-state index contributed by atoms with van der Waals surface area (Å²) in [5, 5.41) is 0. The van der Waals surface area contributed by atoms with Crippen molar-refractivity contribution in [2.24, 2.45) is 5.41 Å². The normalized spacial score (nSPS) is 28.9. The van der Waals surface area contributed by atoms with Crippen LogP contribution < -0.4 is 0 Å². The molecule has 0 aliphatic carbocycles. The summed E-state index contributed by atoms with van der Waals surface area (Å²) in [7, 11) is 2.26. The number of hydrogen-bond donors (Lipinski definition) is 0. The zero-order valence-electron chi connectivity index (χ0n) is 10.9. The quantitative estimate of drug-likeness (QED) is 0.651. The molecule has 1 unspecified atom stereocenters. The SMILES string of the molecule is CC.CCCC1(C)CCCCN(C)C1. The van der Waals surface area contributed by atoms with Crippen LogP contribution in [-0.4, -0.2) is 25.0 Å². The van der Waals surface area contributed by atoms with Crippen LogP contribution in [0.5, 0.6) is 0 Å². The molecule has 1 heterocycles. The highest BCUT2D eigenvalue weighted by atomic mass is 15.1. The summed E-state index contributed by atoms with van der Waals surface area (Å²) >= 11 is 0. The lowest BCUT2D eigenvalue weighted by Gasteiger charge is -2.30. The Hall–Kier alpha value is -0.0400. The molecule has 1 atom stereocenters. The molecule has 0 bridgehead atoms. The van der Waals surface area contributed by atoms with Gasteiger partial charge in [-0.2, -0.15) is 0 Å². The van der Waals surface area contributed by atoms with E-state index in [1.54, 1.807) is 0 Å².